The summed E-state index contributed by atoms with van der Waals surface area (Å²) >= 11 is 1.61. The lowest BCUT2D eigenvalue weighted by atomic mass is 9.38. The number of para-hydroxylation sites is 1. The van der Waals surface area contributed by atoms with Crippen LogP contribution in [0.5, 0.6) is 11.6 Å². The van der Waals surface area contributed by atoms with Crippen molar-refractivity contribution in [1.29, 1.82) is 0 Å². The number of thiazole rings is 1. The number of rotatable bonds is 16. The van der Waals surface area contributed by atoms with Crippen LogP contribution in [-0.2, 0) is 10.2 Å². The molecule has 4 heterocycles. The van der Waals surface area contributed by atoms with Crippen LogP contribution in [0.2, 0.25) is 0 Å². The summed E-state index contributed by atoms with van der Waals surface area (Å²) in [4.78, 5) is 23.4. The maximum Gasteiger partial charge on any atom is 0.254 e. The molecule has 4 aliphatic carbocycles. The Labute approximate surface area is 353 Å². The average Bonchev–Trinajstić information content (AvgIpc) is 4.00. The van der Waals surface area contributed by atoms with Crippen LogP contribution in [0.3, 0.4) is 0 Å². The van der Waals surface area contributed by atoms with Gasteiger partial charge in [0.15, 0.2) is 11.4 Å². The Hall–Kier alpha value is -4.99. The highest BCUT2D eigenvalue weighted by molar-refractivity contribution is 7.13. The first-order chi connectivity index (χ1) is 28.7. The van der Waals surface area contributed by atoms with Crippen LogP contribution in [0.1, 0.15) is 94.5 Å². The monoisotopic (exact) mass is 831 g/mol. The Kier molecular flexibility index (Phi) is 10.4. The van der Waals surface area contributed by atoms with Crippen molar-refractivity contribution in [2.75, 3.05) is 13.2 Å². The number of nitrogens with zero attached hydrogens (tertiary/aromatic N) is 4. The van der Waals surface area contributed by atoms with E-state index in [2.05, 4.69) is 54.2 Å². The minimum atomic E-state index is -1.43. The van der Waals surface area contributed by atoms with E-state index in [0.717, 1.165) is 52.0 Å². The fourth-order valence-electron chi connectivity index (χ4n) is 10.4. The lowest BCUT2D eigenvalue weighted by Gasteiger charge is -2.70. The zero-order valence-corrected chi connectivity index (χ0v) is 35.4. The molecular weight excluding hydrogens is 779 g/mol. The van der Waals surface area contributed by atoms with Crippen molar-refractivity contribution in [2.45, 2.75) is 101 Å². The standard InChI is InChI=1S/C46H53N7O6S/c1-25(2)40(41(56)33-18-31(54)19-34(33)44(5,57)50-26(3)28-10-12-29(13-11-28)42-27(4)47-24-60-42)37-20-39(53-59-37)58-15-14-48-46-21-45(22-46,23-46)38-17-30-16-35(51-52-43(30)49-38)32-8-6-7-9-36(32)55/h6-13,16-17,20,24-26,31,33-34,40,48,50,54-55,57H,14-15,18-19,21-23H2,1-5H3,(H,49,52)/t26-,31-,33?,34+,40+,44-,45?,46?/m0/s1. The third-order valence-corrected chi connectivity index (χ3v) is 14.3. The van der Waals surface area contributed by atoms with Crippen LogP contribution in [0.15, 0.2) is 76.8 Å². The molecule has 6 aromatic rings. The highest BCUT2D eigenvalue weighted by atomic mass is 32.1. The molecule has 2 aromatic carbocycles. The van der Waals surface area contributed by atoms with E-state index in [0.29, 0.717) is 42.5 Å². The molecule has 4 aromatic heterocycles. The van der Waals surface area contributed by atoms with Gasteiger partial charge in [-0.2, -0.15) is 0 Å². The van der Waals surface area contributed by atoms with Crippen molar-refractivity contribution in [3.05, 3.63) is 95.0 Å². The van der Waals surface area contributed by atoms with E-state index in [1.54, 1.807) is 36.5 Å². The van der Waals surface area contributed by atoms with Gasteiger partial charge in [-0.05, 0) is 99.3 Å². The average molecular weight is 832 g/mol. The molecule has 0 saturated heterocycles. The van der Waals surface area contributed by atoms with Gasteiger partial charge >= 0.3 is 0 Å². The predicted molar refractivity (Wildman–Crippen MR) is 229 cm³/mol. The van der Waals surface area contributed by atoms with Crippen molar-refractivity contribution in [1.82, 2.24) is 36.0 Å². The summed E-state index contributed by atoms with van der Waals surface area (Å²) in [7, 11) is 0. The number of benzene rings is 2. The molecule has 0 aliphatic heterocycles. The number of phenolic OH excluding ortho intramolecular Hbond substituents is 1. The number of hydrogen-bond acceptors (Lipinski definition) is 13. The first kappa shape index (κ1) is 40.4. The number of aryl methyl sites for hydroxylation is 1. The minimum Gasteiger partial charge on any atom is -0.507 e. The number of aromatic nitrogens is 5. The van der Waals surface area contributed by atoms with Gasteiger partial charge in [0.25, 0.3) is 5.88 Å². The van der Waals surface area contributed by atoms with E-state index in [4.69, 9.17) is 9.26 Å². The SMILES string of the molecule is Cc1ncsc1-c1ccc([C@H](C)N[C@@](C)(O)[C@@H]2C[C@@H](O)CC2C(=O)[C@@H](c2cc(OCCNC34CC(c5cc6cc(-c7ccccc7O)nnc6[nH]5)(C3)C4)no2)C(C)C)cc1. The summed E-state index contributed by atoms with van der Waals surface area (Å²) in [6.07, 6.45) is 2.90. The van der Waals surface area contributed by atoms with Gasteiger partial charge in [0.05, 0.1) is 33.8 Å². The normalized spacial score (nSPS) is 25.4. The zero-order valence-electron chi connectivity index (χ0n) is 34.6. The van der Waals surface area contributed by atoms with Gasteiger partial charge in [0.1, 0.15) is 23.9 Å². The van der Waals surface area contributed by atoms with Crippen LogP contribution < -0.4 is 15.4 Å². The second-order valence-corrected chi connectivity index (χ2v) is 18.9. The molecule has 4 aliphatic rings. The Morgan fingerprint density at radius 2 is 1.83 bits per heavy atom. The lowest BCUT2D eigenvalue weighted by molar-refractivity contribution is -0.132. The van der Waals surface area contributed by atoms with E-state index in [9.17, 15) is 20.1 Å². The van der Waals surface area contributed by atoms with Gasteiger partial charge in [-0.15, -0.1) is 21.5 Å². The van der Waals surface area contributed by atoms with Gasteiger partial charge in [0, 0.05) is 58.1 Å². The molecule has 1 unspecified atom stereocenters. The maximum absolute atomic E-state index is 14.4. The largest absolute Gasteiger partial charge is 0.507 e. The molecule has 4 fully saturated rings. The molecule has 0 amide bonds. The summed E-state index contributed by atoms with van der Waals surface area (Å²) in [5, 5.41) is 54.0. The van der Waals surface area contributed by atoms with Crippen molar-refractivity contribution in [2.24, 2.45) is 17.8 Å². The third kappa shape index (κ3) is 7.42. The molecule has 0 spiro atoms. The smallest absolute Gasteiger partial charge is 0.254 e. The number of nitrogens with one attached hydrogen (secondary N) is 3. The molecular formula is C46H53N7O6S. The summed E-state index contributed by atoms with van der Waals surface area (Å²) < 4.78 is 11.8. The number of ketones is 1. The summed E-state index contributed by atoms with van der Waals surface area (Å²) in [6, 6.07) is 21.0. The Bertz CT molecular complexity index is 2490. The summed E-state index contributed by atoms with van der Waals surface area (Å²) in [5.41, 5.74) is 6.88. The van der Waals surface area contributed by atoms with E-state index in [-0.39, 0.29) is 40.9 Å². The second kappa shape index (κ2) is 15.5. The molecule has 60 heavy (non-hydrogen) atoms. The number of phenols is 1. The van der Waals surface area contributed by atoms with Crippen LogP contribution in [0.25, 0.3) is 32.7 Å². The number of carbonyl (C=O) groups is 1. The molecule has 6 atom stereocenters. The van der Waals surface area contributed by atoms with E-state index >= 15 is 0 Å². The van der Waals surface area contributed by atoms with Gasteiger partial charge in [-0.1, -0.05) is 50.2 Å². The van der Waals surface area contributed by atoms with Crippen molar-refractivity contribution in [3.63, 3.8) is 0 Å². The Morgan fingerprint density at radius 1 is 1.07 bits per heavy atom. The predicted octanol–water partition coefficient (Wildman–Crippen LogP) is 7.35. The zero-order chi connectivity index (χ0) is 42.0. The molecule has 10 rings (SSSR count). The minimum absolute atomic E-state index is 0.0691. The summed E-state index contributed by atoms with van der Waals surface area (Å²) in [6.45, 7) is 10.7. The quantitative estimate of drug-likeness (QED) is 0.0421. The number of H-pyrrole nitrogens is 1. The first-order valence-corrected chi connectivity index (χ1v) is 21.8. The highest BCUT2D eigenvalue weighted by Crippen LogP contribution is 2.67. The van der Waals surface area contributed by atoms with Crippen LogP contribution >= 0.6 is 11.3 Å². The number of aliphatic hydroxyl groups is 2. The fourth-order valence-corrected chi connectivity index (χ4v) is 11.2. The van der Waals surface area contributed by atoms with Gasteiger partial charge in [0.2, 0.25) is 0 Å². The van der Waals surface area contributed by atoms with Crippen molar-refractivity contribution in [3.8, 4) is 33.3 Å². The number of aromatic hydroxyl groups is 1. The molecule has 13 nitrogen and oxygen atoms in total. The number of aromatic amines is 1. The number of carbonyl (C=O) groups excluding carboxylic acids is 1. The molecule has 14 heteroatoms. The maximum atomic E-state index is 14.4. The van der Waals surface area contributed by atoms with E-state index in [1.165, 1.54) is 5.69 Å². The number of ether oxygens (including phenoxy) is 1. The number of fused-ring (bicyclic) bond motifs is 1. The Morgan fingerprint density at radius 3 is 2.55 bits per heavy atom. The molecule has 314 valence electrons. The molecule has 4 saturated carbocycles. The van der Waals surface area contributed by atoms with Gasteiger partial charge in [-0.25, -0.2) is 4.98 Å². The lowest BCUT2D eigenvalue weighted by Crippen LogP contribution is -2.76. The highest BCUT2D eigenvalue weighted by Gasteiger charge is 2.68. The van der Waals surface area contributed by atoms with Gasteiger partial charge in [-0.3, -0.25) is 10.1 Å². The van der Waals surface area contributed by atoms with Crippen LogP contribution in [-0.4, -0.2) is 76.9 Å². The van der Waals surface area contributed by atoms with Crippen LogP contribution in [0.4, 0.5) is 0 Å². The molecule has 6 N–H and O–H groups in total. The summed E-state index contributed by atoms with van der Waals surface area (Å²) in [5.74, 6) is -0.994. The first-order valence-electron chi connectivity index (χ1n) is 21.0. The molecule has 0 radical (unpaired) electrons. The third-order valence-electron chi connectivity index (χ3n) is 13.3. The van der Waals surface area contributed by atoms with Gasteiger partial charge < -0.3 is 34.9 Å². The number of hydrogen-bond donors (Lipinski definition) is 6. The second-order valence-electron chi connectivity index (χ2n) is 18.0. The topological polar surface area (TPSA) is 192 Å². The van der Waals surface area contributed by atoms with E-state index in [1.807, 2.05) is 63.5 Å². The van der Waals surface area contributed by atoms with E-state index < -0.39 is 29.6 Å². The van der Waals surface area contributed by atoms with Crippen molar-refractivity contribution >= 4 is 28.2 Å². The fraction of sp³-hybridized carbons (Fsp3) is 0.457. The number of Topliss-reactive ketones (excluding diaryl/α,β-unsaturated/α-hetero) is 1. The van der Waals surface area contributed by atoms with Crippen LogP contribution in [0, 0.1) is 24.7 Å². The Balaban J connectivity index is 0.781. The van der Waals surface area contributed by atoms with Crippen molar-refractivity contribution < 1.29 is 29.4 Å². The number of aliphatic hydroxyl groups excluding tert-OH is 1. The molecule has 2 bridgehead atoms.